The van der Waals surface area contributed by atoms with Crippen molar-refractivity contribution in [2.45, 2.75) is 38.0 Å². The van der Waals surface area contributed by atoms with Crippen molar-refractivity contribution in [2.24, 2.45) is 0 Å². The molecule has 0 bridgehead atoms. The van der Waals surface area contributed by atoms with E-state index in [4.69, 9.17) is 0 Å². The zero-order valence-electron chi connectivity index (χ0n) is 29.2. The predicted molar refractivity (Wildman–Crippen MR) is 209 cm³/mol. The molecule has 1 fully saturated rings. The topological polar surface area (TPSA) is 16.2 Å². The number of hydrogen-bond donors (Lipinski definition) is 0. The highest BCUT2D eigenvalue weighted by Crippen LogP contribution is 2.47. The molecule has 2 aliphatic heterocycles. The molecule has 0 unspecified atom stereocenters. The first-order chi connectivity index (χ1) is 23.3. The van der Waals surface area contributed by atoms with Crippen LogP contribution in [0.25, 0.3) is 0 Å². The summed E-state index contributed by atoms with van der Waals surface area (Å²) in [6.07, 6.45) is 6.49. The fourth-order valence-electron chi connectivity index (χ4n) is 8.27. The first kappa shape index (κ1) is 30.5. The van der Waals surface area contributed by atoms with E-state index in [1.165, 1.54) is 105 Å². The van der Waals surface area contributed by atoms with Crippen LogP contribution in [-0.2, 0) is 0 Å². The van der Waals surface area contributed by atoms with Gasteiger partial charge in [0.1, 0.15) is 0 Å². The smallest absolute Gasteiger partial charge is 0.252 e. The summed E-state index contributed by atoms with van der Waals surface area (Å²) in [5.74, 6) is 0.573. The molecule has 48 heavy (non-hydrogen) atoms. The minimum atomic E-state index is 0.121. The zero-order chi connectivity index (χ0) is 33.1. The predicted octanol–water partition coefficient (Wildman–Crippen LogP) is 8.01. The summed E-state index contributed by atoms with van der Waals surface area (Å²) < 4.78 is 0. The molecule has 5 nitrogen and oxygen atoms in total. The fraction of sp³-hybridized carbons (Fsp3) is 0.286. The van der Waals surface area contributed by atoms with Crippen LogP contribution in [-0.4, -0.2) is 49.0 Å². The highest BCUT2D eigenvalue weighted by atomic mass is 15.2. The van der Waals surface area contributed by atoms with Gasteiger partial charge in [-0.1, -0.05) is 37.5 Å². The third-order valence-corrected chi connectivity index (χ3v) is 10.8. The van der Waals surface area contributed by atoms with Crippen molar-refractivity contribution >= 4 is 74.3 Å². The fourth-order valence-corrected chi connectivity index (χ4v) is 8.27. The maximum atomic E-state index is 2.56. The summed E-state index contributed by atoms with van der Waals surface area (Å²) in [7, 11) is 12.7. The molecule has 2 heterocycles. The Morgan fingerprint density at radius 1 is 0.500 bits per heavy atom. The van der Waals surface area contributed by atoms with Crippen LogP contribution >= 0.6 is 0 Å². The van der Waals surface area contributed by atoms with Crippen LogP contribution in [0, 0.1) is 0 Å². The molecule has 0 aromatic heterocycles. The van der Waals surface area contributed by atoms with E-state index in [0.717, 1.165) is 0 Å². The van der Waals surface area contributed by atoms with Crippen molar-refractivity contribution in [3.63, 3.8) is 0 Å². The van der Waals surface area contributed by atoms with E-state index in [0.29, 0.717) is 5.92 Å². The van der Waals surface area contributed by atoms with E-state index in [-0.39, 0.29) is 6.71 Å². The van der Waals surface area contributed by atoms with Crippen molar-refractivity contribution in [1.82, 2.24) is 0 Å². The first-order valence-electron chi connectivity index (χ1n) is 17.5. The molecule has 0 spiro atoms. The van der Waals surface area contributed by atoms with Crippen molar-refractivity contribution < 1.29 is 0 Å². The van der Waals surface area contributed by atoms with E-state index in [2.05, 4.69) is 170 Å². The number of para-hydroxylation sites is 1. The van der Waals surface area contributed by atoms with Gasteiger partial charge >= 0.3 is 0 Å². The lowest BCUT2D eigenvalue weighted by Crippen LogP contribution is -2.61. The Kier molecular flexibility index (Phi) is 7.62. The second kappa shape index (κ2) is 12.0. The van der Waals surface area contributed by atoms with Gasteiger partial charge in [-0.15, -0.1) is 0 Å². The highest BCUT2D eigenvalue weighted by molar-refractivity contribution is 7.00. The summed E-state index contributed by atoms with van der Waals surface area (Å²) in [6.45, 7) is 0.121. The summed E-state index contributed by atoms with van der Waals surface area (Å²) >= 11 is 0. The number of nitrogens with zero attached hydrogens (tertiary/aromatic N) is 5. The van der Waals surface area contributed by atoms with Gasteiger partial charge in [-0.25, -0.2) is 0 Å². The second-order valence-corrected chi connectivity index (χ2v) is 14.4. The lowest BCUT2D eigenvalue weighted by atomic mass is 9.33. The molecule has 0 amide bonds. The minimum Gasteiger partial charge on any atom is -0.378 e. The molecule has 0 atom stereocenters. The molecule has 8 rings (SSSR count). The third kappa shape index (κ3) is 5.01. The number of benzene rings is 5. The Morgan fingerprint density at radius 3 is 1.54 bits per heavy atom. The number of anilines is 9. The Hall–Kier alpha value is -4.84. The van der Waals surface area contributed by atoms with Gasteiger partial charge in [0.25, 0.3) is 6.71 Å². The maximum absolute atomic E-state index is 2.56. The van der Waals surface area contributed by atoms with E-state index in [9.17, 15) is 0 Å². The molecule has 0 radical (unpaired) electrons. The molecule has 242 valence electrons. The van der Waals surface area contributed by atoms with Crippen LogP contribution in [0.5, 0.6) is 0 Å². The van der Waals surface area contributed by atoms with Crippen LogP contribution < -0.4 is 40.9 Å². The Morgan fingerprint density at radius 2 is 1.00 bits per heavy atom. The molecule has 3 aliphatic rings. The Balaban J connectivity index is 1.44. The maximum Gasteiger partial charge on any atom is 0.252 e. The van der Waals surface area contributed by atoms with Gasteiger partial charge in [0.15, 0.2) is 0 Å². The third-order valence-electron chi connectivity index (χ3n) is 10.8. The lowest BCUT2D eigenvalue weighted by Gasteiger charge is -2.45. The molecule has 0 N–H and O–H groups in total. The van der Waals surface area contributed by atoms with Gasteiger partial charge in [0, 0.05) is 93.5 Å². The van der Waals surface area contributed by atoms with Crippen LogP contribution in [0.2, 0.25) is 0 Å². The SMILES string of the molecule is CN(C)c1ccc(N2c3ccccc3B3c4cc(N(C)C)ccc4N(c4ccc(N(C)C)cc4)c4cc(C5CCCCC5)cc2c43)cc1. The standard InChI is InChI=1S/C42H46BN5/c1-44(2)31-16-20-33(21-17-31)47-38-15-11-10-14-36(38)43-37-28-35(46(5)6)24-25-39(37)48(34-22-18-32(19-23-34)45(3)4)41-27-30(26-40(47)42(41)43)29-12-8-7-9-13-29/h10-11,14-29H,7-9,12-13H2,1-6H3. The zero-order valence-corrected chi connectivity index (χ0v) is 29.2. The number of fused-ring (bicyclic) bond motifs is 4. The van der Waals surface area contributed by atoms with Crippen LogP contribution in [0.4, 0.5) is 51.2 Å². The number of rotatable bonds is 6. The van der Waals surface area contributed by atoms with Crippen LogP contribution in [0.1, 0.15) is 43.6 Å². The summed E-state index contributed by atoms with van der Waals surface area (Å²) in [5, 5.41) is 0. The van der Waals surface area contributed by atoms with Crippen molar-refractivity contribution in [3.05, 3.63) is 109 Å². The summed E-state index contributed by atoms with van der Waals surface area (Å²) in [6, 6.07) is 39.5. The van der Waals surface area contributed by atoms with Gasteiger partial charge in [-0.3, -0.25) is 0 Å². The van der Waals surface area contributed by atoms with Gasteiger partial charge in [0.05, 0.1) is 0 Å². The van der Waals surface area contributed by atoms with Gasteiger partial charge in [-0.05, 0) is 126 Å². The molecule has 1 saturated carbocycles. The highest BCUT2D eigenvalue weighted by Gasteiger charge is 2.44. The first-order valence-corrected chi connectivity index (χ1v) is 17.5. The summed E-state index contributed by atoms with van der Waals surface area (Å²) in [5.41, 5.74) is 16.8. The van der Waals surface area contributed by atoms with E-state index >= 15 is 0 Å². The molecular weight excluding hydrogens is 585 g/mol. The van der Waals surface area contributed by atoms with Crippen molar-refractivity contribution in [2.75, 3.05) is 66.8 Å². The van der Waals surface area contributed by atoms with Crippen LogP contribution in [0.15, 0.2) is 103 Å². The quantitative estimate of drug-likeness (QED) is 0.172. The largest absolute Gasteiger partial charge is 0.378 e. The minimum absolute atomic E-state index is 0.121. The monoisotopic (exact) mass is 631 g/mol. The lowest BCUT2D eigenvalue weighted by molar-refractivity contribution is 0.444. The van der Waals surface area contributed by atoms with Crippen LogP contribution in [0.3, 0.4) is 0 Å². The Labute approximate surface area is 287 Å². The second-order valence-electron chi connectivity index (χ2n) is 14.4. The molecule has 0 saturated heterocycles. The average molecular weight is 632 g/mol. The Bertz CT molecular complexity index is 1940. The van der Waals surface area contributed by atoms with Gasteiger partial charge in [-0.2, -0.15) is 0 Å². The van der Waals surface area contributed by atoms with E-state index in [1.54, 1.807) is 0 Å². The molecular formula is C42H46BN5. The van der Waals surface area contributed by atoms with Crippen molar-refractivity contribution in [1.29, 1.82) is 0 Å². The van der Waals surface area contributed by atoms with Crippen molar-refractivity contribution in [3.8, 4) is 0 Å². The number of hydrogen-bond acceptors (Lipinski definition) is 5. The molecule has 1 aliphatic carbocycles. The van der Waals surface area contributed by atoms with Gasteiger partial charge in [0.2, 0.25) is 0 Å². The summed E-state index contributed by atoms with van der Waals surface area (Å²) in [4.78, 5) is 11.7. The van der Waals surface area contributed by atoms with E-state index < -0.39 is 0 Å². The molecule has 5 aromatic rings. The molecule has 5 aromatic carbocycles. The van der Waals surface area contributed by atoms with Gasteiger partial charge < -0.3 is 24.5 Å². The normalized spacial score (nSPS) is 15.1. The molecule has 6 heteroatoms. The average Bonchev–Trinajstić information content (AvgIpc) is 3.11. The van der Waals surface area contributed by atoms with E-state index in [1.807, 2.05) is 0 Å².